The zero-order valence-electron chi connectivity index (χ0n) is 13.6. The summed E-state index contributed by atoms with van der Waals surface area (Å²) < 4.78 is 43.7. The Morgan fingerprint density at radius 1 is 1.16 bits per heavy atom. The third kappa shape index (κ3) is 2.23. The van der Waals surface area contributed by atoms with Crippen LogP contribution in [0.5, 0.6) is 5.75 Å². The molecule has 0 spiro atoms. The van der Waals surface area contributed by atoms with E-state index in [2.05, 4.69) is 0 Å². The Hall–Kier alpha value is -1.93. The van der Waals surface area contributed by atoms with E-state index in [0.29, 0.717) is 12.4 Å². The Bertz CT molecular complexity index is 945. The molecule has 2 aromatic carbocycles. The normalized spacial score (nSPS) is 32.5. The first-order valence-electron chi connectivity index (χ1n) is 8.16. The van der Waals surface area contributed by atoms with E-state index in [9.17, 15) is 8.42 Å². The molecule has 130 valence electrons. The van der Waals surface area contributed by atoms with Gasteiger partial charge in [-0.2, -0.15) is 8.42 Å². The summed E-state index contributed by atoms with van der Waals surface area (Å²) in [7, 11) is -3.92. The zero-order chi connectivity index (χ0) is 17.2. The highest BCUT2D eigenvalue weighted by atomic mass is 32.2. The molecule has 5 rings (SSSR count). The minimum atomic E-state index is -3.92. The molecule has 0 aliphatic carbocycles. The minimum absolute atomic E-state index is 0.204. The van der Waals surface area contributed by atoms with Crippen molar-refractivity contribution in [3.8, 4) is 5.75 Å². The summed E-state index contributed by atoms with van der Waals surface area (Å²) in [6, 6.07) is 15.2. The molecular weight excluding hydrogens is 342 g/mol. The molecule has 3 atom stereocenters. The van der Waals surface area contributed by atoms with Crippen molar-refractivity contribution in [3.63, 3.8) is 0 Å². The van der Waals surface area contributed by atoms with Gasteiger partial charge in [0, 0.05) is 12.1 Å². The molecule has 2 aromatic rings. The maximum atomic E-state index is 12.6. The summed E-state index contributed by atoms with van der Waals surface area (Å²) in [6.07, 6.45) is -0.935. The van der Waals surface area contributed by atoms with Crippen molar-refractivity contribution >= 4 is 10.3 Å². The Morgan fingerprint density at radius 2 is 1.96 bits per heavy atom. The first-order valence-corrected chi connectivity index (χ1v) is 9.53. The van der Waals surface area contributed by atoms with Crippen LogP contribution >= 0.6 is 0 Å². The Morgan fingerprint density at radius 3 is 2.76 bits per heavy atom. The molecule has 7 heteroatoms. The van der Waals surface area contributed by atoms with Crippen LogP contribution in [0, 0.1) is 6.92 Å². The SMILES string of the molecule is Cc1ccc2c(c1)[C@H]1OC[C@@]3(c4ccccc4)O[C@H]3CN1S(=O)(=O)O2. The average Bonchev–Trinajstić information content (AvgIpc) is 3.31. The smallest absolute Gasteiger partial charge is 0.370 e. The van der Waals surface area contributed by atoms with Gasteiger partial charge in [0.05, 0.1) is 6.61 Å². The third-order valence-corrected chi connectivity index (χ3v) is 6.36. The fourth-order valence-electron chi connectivity index (χ4n) is 3.69. The van der Waals surface area contributed by atoms with E-state index >= 15 is 0 Å². The van der Waals surface area contributed by atoms with Crippen molar-refractivity contribution in [1.29, 1.82) is 0 Å². The molecule has 3 aliphatic rings. The van der Waals surface area contributed by atoms with E-state index in [1.54, 1.807) is 6.07 Å². The number of hydrogen-bond donors (Lipinski definition) is 0. The molecule has 2 saturated heterocycles. The van der Waals surface area contributed by atoms with Crippen molar-refractivity contribution in [2.75, 3.05) is 13.2 Å². The number of fused-ring (bicyclic) bond motifs is 4. The number of nitrogens with zero attached hydrogens (tertiary/aromatic N) is 1. The summed E-state index contributed by atoms with van der Waals surface area (Å²) in [4.78, 5) is 0. The van der Waals surface area contributed by atoms with Gasteiger partial charge in [-0.15, -0.1) is 4.31 Å². The van der Waals surface area contributed by atoms with Crippen molar-refractivity contribution < 1.29 is 22.1 Å². The van der Waals surface area contributed by atoms with E-state index in [-0.39, 0.29) is 12.6 Å². The fourth-order valence-corrected chi connectivity index (χ4v) is 4.89. The second kappa shape index (κ2) is 5.04. The van der Waals surface area contributed by atoms with Gasteiger partial charge in [-0.1, -0.05) is 42.0 Å². The topological polar surface area (TPSA) is 68.4 Å². The standard InChI is InChI=1S/C18H17NO5S/c1-12-7-8-15-14(9-12)17-19(25(20,21)24-15)10-16-18(23-16,11-22-17)13-5-3-2-4-6-13/h2-9,16-17H,10-11H2,1H3/t16-,17+,18-/m0/s1. The van der Waals surface area contributed by atoms with Crippen LogP contribution < -0.4 is 4.18 Å². The number of ether oxygens (including phenoxy) is 2. The first-order chi connectivity index (χ1) is 12.0. The summed E-state index contributed by atoms with van der Waals surface area (Å²) in [5, 5.41) is 0. The lowest BCUT2D eigenvalue weighted by Gasteiger charge is -2.34. The lowest BCUT2D eigenvalue weighted by molar-refractivity contribution is -0.0503. The summed E-state index contributed by atoms with van der Waals surface area (Å²) in [5.74, 6) is 0.331. The number of rotatable bonds is 1. The Kier molecular flexibility index (Phi) is 3.09. The highest BCUT2D eigenvalue weighted by Gasteiger charge is 2.63. The molecule has 0 N–H and O–H groups in total. The van der Waals surface area contributed by atoms with E-state index in [1.165, 1.54) is 4.31 Å². The number of aryl methyl sites for hydroxylation is 1. The van der Waals surface area contributed by atoms with Gasteiger partial charge in [0.2, 0.25) is 0 Å². The highest BCUT2D eigenvalue weighted by Crippen LogP contribution is 2.52. The van der Waals surface area contributed by atoms with Crippen LogP contribution in [0.2, 0.25) is 0 Å². The van der Waals surface area contributed by atoms with Crippen LogP contribution in [0.3, 0.4) is 0 Å². The maximum Gasteiger partial charge on any atom is 0.387 e. The predicted octanol–water partition coefficient (Wildman–Crippen LogP) is 2.26. The Balaban J connectivity index is 1.57. The van der Waals surface area contributed by atoms with E-state index < -0.39 is 22.1 Å². The fraction of sp³-hybridized carbons (Fsp3) is 0.333. The molecule has 0 bridgehead atoms. The lowest BCUT2D eigenvalue weighted by atomic mass is 9.96. The average molecular weight is 359 g/mol. The summed E-state index contributed by atoms with van der Waals surface area (Å²) >= 11 is 0. The van der Waals surface area contributed by atoms with E-state index in [0.717, 1.165) is 16.7 Å². The largest absolute Gasteiger partial charge is 0.387 e. The summed E-state index contributed by atoms with van der Waals surface area (Å²) in [5.41, 5.74) is 2.17. The molecule has 0 radical (unpaired) electrons. The van der Waals surface area contributed by atoms with Crippen molar-refractivity contribution in [2.24, 2.45) is 0 Å². The van der Waals surface area contributed by atoms with Gasteiger partial charge in [0.15, 0.2) is 12.0 Å². The van der Waals surface area contributed by atoms with Crippen LogP contribution in [0.25, 0.3) is 0 Å². The number of benzene rings is 2. The van der Waals surface area contributed by atoms with Crippen molar-refractivity contribution in [2.45, 2.75) is 24.9 Å². The zero-order valence-corrected chi connectivity index (χ0v) is 14.4. The molecule has 6 nitrogen and oxygen atoms in total. The van der Waals surface area contributed by atoms with Gasteiger partial charge >= 0.3 is 10.3 Å². The predicted molar refractivity (Wildman–Crippen MR) is 89.1 cm³/mol. The lowest BCUT2D eigenvalue weighted by Crippen LogP contribution is -2.43. The first kappa shape index (κ1) is 15.3. The van der Waals surface area contributed by atoms with Gasteiger partial charge in [0.1, 0.15) is 11.7 Å². The molecule has 0 aromatic heterocycles. The van der Waals surface area contributed by atoms with Gasteiger partial charge < -0.3 is 13.7 Å². The maximum absolute atomic E-state index is 12.6. The monoisotopic (exact) mass is 359 g/mol. The third-order valence-electron chi connectivity index (χ3n) is 5.05. The van der Waals surface area contributed by atoms with Crippen LogP contribution in [-0.2, 0) is 25.4 Å². The Labute approximate surface area is 146 Å². The molecule has 0 unspecified atom stereocenters. The van der Waals surface area contributed by atoms with Crippen molar-refractivity contribution in [3.05, 3.63) is 65.2 Å². The quantitative estimate of drug-likeness (QED) is 0.731. The molecule has 3 aliphatic heterocycles. The van der Waals surface area contributed by atoms with Crippen LogP contribution in [-0.4, -0.2) is 32.0 Å². The molecular formula is C18H17NO5S. The second-order valence-electron chi connectivity index (χ2n) is 6.68. The highest BCUT2D eigenvalue weighted by molar-refractivity contribution is 7.84. The van der Waals surface area contributed by atoms with E-state index in [4.69, 9.17) is 13.7 Å². The number of epoxide rings is 1. The summed E-state index contributed by atoms with van der Waals surface area (Å²) in [6.45, 7) is 2.46. The molecule has 25 heavy (non-hydrogen) atoms. The van der Waals surface area contributed by atoms with Gasteiger partial charge in [-0.25, -0.2) is 0 Å². The molecule has 0 saturated carbocycles. The van der Waals surface area contributed by atoms with Crippen LogP contribution in [0.15, 0.2) is 48.5 Å². The molecule has 0 amide bonds. The van der Waals surface area contributed by atoms with Gasteiger partial charge in [-0.05, 0) is 24.6 Å². The van der Waals surface area contributed by atoms with Crippen molar-refractivity contribution in [1.82, 2.24) is 4.31 Å². The minimum Gasteiger partial charge on any atom is -0.370 e. The van der Waals surface area contributed by atoms with Crippen LogP contribution in [0.1, 0.15) is 22.9 Å². The molecule has 3 heterocycles. The van der Waals surface area contributed by atoms with Gasteiger partial charge in [0.25, 0.3) is 0 Å². The van der Waals surface area contributed by atoms with E-state index in [1.807, 2.05) is 49.4 Å². The molecule has 2 fully saturated rings. The number of hydrogen-bond acceptors (Lipinski definition) is 5. The van der Waals surface area contributed by atoms with Crippen LogP contribution in [0.4, 0.5) is 0 Å². The van der Waals surface area contributed by atoms with Gasteiger partial charge in [-0.3, -0.25) is 0 Å². The second-order valence-corrected chi connectivity index (χ2v) is 8.17.